The van der Waals surface area contributed by atoms with Gasteiger partial charge in [-0.25, -0.2) is 0 Å². The van der Waals surface area contributed by atoms with Crippen LogP contribution in [0.2, 0.25) is 5.02 Å². The van der Waals surface area contributed by atoms with Gasteiger partial charge < -0.3 is 16.3 Å². The van der Waals surface area contributed by atoms with Crippen LogP contribution in [0.3, 0.4) is 0 Å². The second kappa shape index (κ2) is 6.77. The van der Waals surface area contributed by atoms with Crippen molar-refractivity contribution in [1.29, 1.82) is 0 Å². The molecular formula is C14H11ClIN3O2. The molecule has 0 saturated heterocycles. The monoisotopic (exact) mass is 415 g/mol. The molecule has 0 heterocycles. The van der Waals surface area contributed by atoms with Gasteiger partial charge in [0.1, 0.15) is 0 Å². The minimum atomic E-state index is -0.327. The average molecular weight is 416 g/mol. The molecule has 0 aliphatic heterocycles. The number of carbonyl (C=O) groups excluding carboxylic acids is 1. The maximum Gasteiger partial charge on any atom is 0.255 e. The molecule has 2 aromatic rings. The van der Waals surface area contributed by atoms with E-state index >= 15 is 0 Å². The van der Waals surface area contributed by atoms with Gasteiger partial charge in [0.25, 0.3) is 5.91 Å². The Morgan fingerprint density at radius 2 is 2.00 bits per heavy atom. The summed E-state index contributed by atoms with van der Waals surface area (Å²) in [4.78, 5) is 12.2. The lowest BCUT2D eigenvalue weighted by Crippen LogP contribution is -2.19. The van der Waals surface area contributed by atoms with Crippen LogP contribution in [0.25, 0.3) is 0 Å². The number of halogens is 2. The Bertz CT molecular complexity index is 719. The van der Waals surface area contributed by atoms with Gasteiger partial charge in [-0.2, -0.15) is 0 Å². The number of benzene rings is 2. The number of nitrogens with one attached hydrogen (secondary N) is 1. The molecule has 0 saturated carbocycles. The molecule has 0 aliphatic carbocycles. The van der Waals surface area contributed by atoms with Crippen LogP contribution in [0.15, 0.2) is 47.6 Å². The van der Waals surface area contributed by atoms with Gasteiger partial charge in [0, 0.05) is 14.7 Å². The van der Waals surface area contributed by atoms with E-state index in [1.807, 2.05) is 0 Å². The fourth-order valence-electron chi connectivity index (χ4n) is 1.70. The highest BCUT2D eigenvalue weighted by Crippen LogP contribution is 2.21. The van der Waals surface area contributed by atoms with Gasteiger partial charge in [0.05, 0.1) is 10.7 Å². The SMILES string of the molecule is N/C(=N/O)c1ccccc1NC(=O)c1ccc(I)c(Cl)c1. The number of amidine groups is 1. The fourth-order valence-corrected chi connectivity index (χ4v) is 2.22. The smallest absolute Gasteiger partial charge is 0.255 e. The number of carbonyl (C=O) groups is 1. The Morgan fingerprint density at radius 1 is 1.29 bits per heavy atom. The van der Waals surface area contributed by atoms with Gasteiger partial charge in [-0.1, -0.05) is 28.9 Å². The van der Waals surface area contributed by atoms with Gasteiger partial charge in [-0.05, 0) is 52.9 Å². The zero-order valence-electron chi connectivity index (χ0n) is 10.7. The average Bonchev–Trinajstić information content (AvgIpc) is 2.49. The predicted octanol–water partition coefficient (Wildman–Crippen LogP) is 3.29. The molecule has 2 aromatic carbocycles. The number of amides is 1. The van der Waals surface area contributed by atoms with Crippen molar-refractivity contribution in [3.05, 3.63) is 62.2 Å². The van der Waals surface area contributed by atoms with E-state index in [1.165, 1.54) is 0 Å². The highest BCUT2D eigenvalue weighted by Gasteiger charge is 2.12. The van der Waals surface area contributed by atoms with Crippen LogP contribution in [-0.2, 0) is 0 Å². The van der Waals surface area contributed by atoms with Crippen LogP contribution in [0.5, 0.6) is 0 Å². The van der Waals surface area contributed by atoms with E-state index in [9.17, 15) is 4.79 Å². The molecule has 0 aliphatic rings. The number of hydrogen-bond donors (Lipinski definition) is 3. The number of rotatable bonds is 3. The molecular weight excluding hydrogens is 405 g/mol. The van der Waals surface area contributed by atoms with Crippen LogP contribution in [0.4, 0.5) is 5.69 Å². The summed E-state index contributed by atoms with van der Waals surface area (Å²) in [7, 11) is 0. The van der Waals surface area contributed by atoms with E-state index in [4.69, 9.17) is 22.5 Å². The topological polar surface area (TPSA) is 87.7 Å². The van der Waals surface area contributed by atoms with Crippen molar-refractivity contribution in [2.75, 3.05) is 5.32 Å². The lowest BCUT2D eigenvalue weighted by Gasteiger charge is -2.10. The standard InChI is InChI=1S/C14H11ClIN3O2/c15-10-7-8(5-6-11(10)16)14(20)18-12-4-2-1-3-9(12)13(17)19-21/h1-7,21H,(H2,17,19)(H,18,20). The van der Waals surface area contributed by atoms with Gasteiger partial charge >= 0.3 is 0 Å². The lowest BCUT2D eigenvalue weighted by molar-refractivity contribution is 0.102. The highest BCUT2D eigenvalue weighted by molar-refractivity contribution is 14.1. The van der Waals surface area contributed by atoms with E-state index in [-0.39, 0.29) is 11.7 Å². The minimum Gasteiger partial charge on any atom is -0.409 e. The van der Waals surface area contributed by atoms with Crippen LogP contribution in [0.1, 0.15) is 15.9 Å². The number of anilines is 1. The van der Waals surface area contributed by atoms with Crippen LogP contribution in [0, 0.1) is 3.57 Å². The third-order valence-corrected chi connectivity index (χ3v) is 4.31. The number of para-hydroxylation sites is 1. The molecule has 0 atom stereocenters. The third-order valence-electron chi connectivity index (χ3n) is 2.74. The number of hydrogen-bond acceptors (Lipinski definition) is 3. The molecule has 4 N–H and O–H groups in total. The first-order valence-electron chi connectivity index (χ1n) is 5.86. The van der Waals surface area contributed by atoms with Gasteiger partial charge in [-0.15, -0.1) is 0 Å². The summed E-state index contributed by atoms with van der Waals surface area (Å²) in [6, 6.07) is 11.8. The molecule has 0 radical (unpaired) electrons. The first kappa shape index (κ1) is 15.6. The van der Waals surface area contributed by atoms with Gasteiger partial charge in [0.2, 0.25) is 0 Å². The lowest BCUT2D eigenvalue weighted by atomic mass is 10.1. The van der Waals surface area contributed by atoms with Crippen LogP contribution in [-0.4, -0.2) is 17.0 Å². The van der Waals surface area contributed by atoms with Crippen LogP contribution >= 0.6 is 34.2 Å². The maximum atomic E-state index is 12.2. The molecule has 0 spiro atoms. The van der Waals surface area contributed by atoms with Crippen molar-refractivity contribution in [2.24, 2.45) is 10.9 Å². The largest absolute Gasteiger partial charge is 0.409 e. The number of nitrogens with two attached hydrogens (primary N) is 1. The second-order valence-electron chi connectivity index (χ2n) is 4.11. The quantitative estimate of drug-likeness (QED) is 0.236. The van der Waals surface area contributed by atoms with Crippen molar-refractivity contribution in [1.82, 2.24) is 0 Å². The van der Waals surface area contributed by atoms with E-state index in [0.29, 0.717) is 21.8 Å². The van der Waals surface area contributed by atoms with E-state index < -0.39 is 0 Å². The first-order valence-corrected chi connectivity index (χ1v) is 7.32. The Balaban J connectivity index is 2.30. The zero-order chi connectivity index (χ0) is 15.4. The molecule has 0 bridgehead atoms. The normalized spacial score (nSPS) is 11.2. The molecule has 0 fully saturated rings. The fraction of sp³-hybridized carbons (Fsp3) is 0. The highest BCUT2D eigenvalue weighted by atomic mass is 127. The molecule has 5 nitrogen and oxygen atoms in total. The van der Waals surface area contributed by atoms with Gasteiger partial charge in [-0.3, -0.25) is 4.79 Å². The van der Waals surface area contributed by atoms with Crippen molar-refractivity contribution < 1.29 is 10.0 Å². The number of nitrogens with zero attached hydrogens (tertiary/aromatic N) is 1. The molecule has 0 aromatic heterocycles. The summed E-state index contributed by atoms with van der Waals surface area (Å²) >= 11 is 8.09. The summed E-state index contributed by atoms with van der Waals surface area (Å²) in [5, 5.41) is 14.9. The van der Waals surface area contributed by atoms with Crippen molar-refractivity contribution in [3.8, 4) is 0 Å². The first-order chi connectivity index (χ1) is 10.0. The van der Waals surface area contributed by atoms with Crippen molar-refractivity contribution in [2.45, 2.75) is 0 Å². The van der Waals surface area contributed by atoms with Crippen molar-refractivity contribution >= 4 is 51.6 Å². The zero-order valence-corrected chi connectivity index (χ0v) is 13.6. The minimum absolute atomic E-state index is 0.0773. The van der Waals surface area contributed by atoms with E-state index in [1.54, 1.807) is 42.5 Å². The second-order valence-corrected chi connectivity index (χ2v) is 5.68. The van der Waals surface area contributed by atoms with Crippen molar-refractivity contribution in [3.63, 3.8) is 0 Å². The number of oxime groups is 1. The van der Waals surface area contributed by atoms with E-state index in [0.717, 1.165) is 3.57 Å². The molecule has 0 unspecified atom stereocenters. The van der Waals surface area contributed by atoms with Crippen LogP contribution < -0.4 is 11.1 Å². The summed E-state index contributed by atoms with van der Waals surface area (Å²) < 4.78 is 0.864. The predicted molar refractivity (Wildman–Crippen MR) is 91.1 cm³/mol. The van der Waals surface area contributed by atoms with Gasteiger partial charge in [0.15, 0.2) is 5.84 Å². The Labute approximate surface area is 139 Å². The summed E-state index contributed by atoms with van der Waals surface area (Å²) in [5.74, 6) is -0.405. The molecule has 1 amide bonds. The molecule has 108 valence electrons. The molecule has 2 rings (SSSR count). The third kappa shape index (κ3) is 3.64. The summed E-state index contributed by atoms with van der Waals surface area (Å²) in [6.45, 7) is 0. The molecule has 7 heteroatoms. The molecule has 21 heavy (non-hydrogen) atoms. The Hall–Kier alpha value is -1.80. The van der Waals surface area contributed by atoms with E-state index in [2.05, 4.69) is 33.1 Å². The summed E-state index contributed by atoms with van der Waals surface area (Å²) in [5.41, 5.74) is 6.89. The Morgan fingerprint density at radius 3 is 2.67 bits per heavy atom. The Kier molecular flexibility index (Phi) is 5.03. The maximum absolute atomic E-state index is 12.2. The summed E-state index contributed by atoms with van der Waals surface area (Å²) in [6.07, 6.45) is 0.